The summed E-state index contributed by atoms with van der Waals surface area (Å²) >= 11 is 0. The molecular weight excluding hydrogens is 314 g/mol. The second-order valence-electron chi connectivity index (χ2n) is 6.07. The van der Waals surface area contributed by atoms with Gasteiger partial charge in [0.15, 0.2) is 0 Å². The molecule has 1 amide bonds. The molecule has 0 aromatic carbocycles. The largest absolute Gasteiger partial charge is 0.389 e. The second-order valence-corrected chi connectivity index (χ2v) is 6.07. The molecule has 9 nitrogen and oxygen atoms in total. The normalized spacial score (nSPS) is 22.6. The molecule has 3 rings (SSSR count). The Kier molecular flexibility index (Phi) is 5.44. The molecule has 0 radical (unpaired) electrons. The van der Waals surface area contributed by atoms with Crippen LogP contribution in [0.4, 0.5) is 5.82 Å². The molecule has 2 N–H and O–H groups in total. The maximum atomic E-state index is 12.4. The zero-order chi connectivity index (χ0) is 16.9. The number of aliphatic hydroxyl groups is 1. The third kappa shape index (κ3) is 4.31. The fourth-order valence-corrected chi connectivity index (χ4v) is 3.01. The van der Waals surface area contributed by atoms with E-state index in [1.165, 1.54) is 12.4 Å². The molecule has 3 heterocycles. The Bertz CT molecular complexity index is 616. The monoisotopic (exact) mass is 337 g/mol. The maximum absolute atomic E-state index is 12.4. The zero-order valence-corrected chi connectivity index (χ0v) is 13.6. The summed E-state index contributed by atoms with van der Waals surface area (Å²) in [5.41, 5.74) is -0.239. The van der Waals surface area contributed by atoms with Gasteiger partial charge in [-0.3, -0.25) is 14.4 Å². The average Bonchev–Trinajstić information content (AvgIpc) is 3.00. The predicted octanol–water partition coefficient (Wildman–Crippen LogP) is -1.19. The van der Waals surface area contributed by atoms with E-state index in [2.05, 4.69) is 9.97 Å². The predicted molar refractivity (Wildman–Crippen MR) is 86.4 cm³/mol. The van der Waals surface area contributed by atoms with Gasteiger partial charge in [0.2, 0.25) is 5.91 Å². The summed E-state index contributed by atoms with van der Waals surface area (Å²) in [7, 11) is 0. The van der Waals surface area contributed by atoms with Gasteiger partial charge in [-0.25, -0.2) is 4.98 Å². The fraction of sp³-hybridized carbons (Fsp3) is 0.667. The number of hydroxylamine groups is 2. The van der Waals surface area contributed by atoms with Gasteiger partial charge >= 0.3 is 0 Å². The van der Waals surface area contributed by atoms with E-state index in [-0.39, 0.29) is 11.5 Å². The Morgan fingerprint density at radius 1 is 1.38 bits per heavy atom. The van der Waals surface area contributed by atoms with Crippen LogP contribution in [0.25, 0.3) is 0 Å². The van der Waals surface area contributed by atoms with Crippen LogP contribution in [0.15, 0.2) is 17.2 Å². The third-order valence-corrected chi connectivity index (χ3v) is 4.24. The molecule has 1 atom stereocenters. The minimum atomic E-state index is -0.680. The van der Waals surface area contributed by atoms with Crippen molar-refractivity contribution in [2.75, 3.05) is 50.8 Å². The lowest BCUT2D eigenvalue weighted by atomic mass is 10.3. The average molecular weight is 337 g/mol. The first kappa shape index (κ1) is 16.9. The summed E-state index contributed by atoms with van der Waals surface area (Å²) in [5, 5.41) is 12.0. The van der Waals surface area contributed by atoms with Crippen molar-refractivity contribution in [2.45, 2.75) is 18.9 Å². The zero-order valence-electron chi connectivity index (χ0n) is 13.6. The van der Waals surface area contributed by atoms with Crippen LogP contribution in [0.5, 0.6) is 0 Å². The number of nitrogens with one attached hydrogen (secondary N) is 1. The topological polar surface area (TPSA) is 102 Å². The molecule has 132 valence electrons. The Morgan fingerprint density at radius 3 is 3.00 bits per heavy atom. The van der Waals surface area contributed by atoms with Gasteiger partial charge in [-0.1, -0.05) is 0 Å². The van der Waals surface area contributed by atoms with E-state index >= 15 is 0 Å². The van der Waals surface area contributed by atoms with E-state index < -0.39 is 6.10 Å². The lowest BCUT2D eigenvalue weighted by molar-refractivity contribution is -0.139. The molecular formula is C15H23N5O4. The van der Waals surface area contributed by atoms with Gasteiger partial charge in [0.25, 0.3) is 5.56 Å². The highest BCUT2D eigenvalue weighted by atomic mass is 16.7. The summed E-state index contributed by atoms with van der Waals surface area (Å²) in [4.78, 5) is 39.3. The second kappa shape index (κ2) is 7.73. The number of carbonyl (C=O) groups excluding carboxylic acids is 1. The van der Waals surface area contributed by atoms with E-state index in [4.69, 9.17) is 4.84 Å². The van der Waals surface area contributed by atoms with E-state index in [0.717, 1.165) is 19.6 Å². The van der Waals surface area contributed by atoms with Gasteiger partial charge in [-0.05, 0) is 6.42 Å². The van der Waals surface area contributed by atoms with E-state index in [1.54, 1.807) is 4.90 Å². The fourth-order valence-electron chi connectivity index (χ4n) is 3.01. The molecule has 24 heavy (non-hydrogen) atoms. The number of hydrogen-bond donors (Lipinski definition) is 2. The minimum Gasteiger partial charge on any atom is -0.389 e. The van der Waals surface area contributed by atoms with Crippen LogP contribution in [0.3, 0.4) is 0 Å². The Labute approximate surface area is 139 Å². The van der Waals surface area contributed by atoms with Crippen LogP contribution >= 0.6 is 0 Å². The highest BCUT2D eigenvalue weighted by molar-refractivity contribution is 5.76. The molecule has 0 spiro atoms. The van der Waals surface area contributed by atoms with Crippen LogP contribution in [-0.4, -0.2) is 82.9 Å². The summed E-state index contributed by atoms with van der Waals surface area (Å²) in [5.74, 6) is 0.517. The smallest absolute Gasteiger partial charge is 0.252 e. The molecule has 2 aliphatic rings. The summed E-state index contributed by atoms with van der Waals surface area (Å²) in [6.45, 7) is 3.80. The van der Waals surface area contributed by atoms with Crippen molar-refractivity contribution in [1.29, 1.82) is 0 Å². The Hall–Kier alpha value is -1.97. The lowest BCUT2D eigenvalue weighted by Gasteiger charge is -2.23. The van der Waals surface area contributed by atoms with Gasteiger partial charge < -0.3 is 19.9 Å². The SMILES string of the molecule is O=C(CCN1CCCO1)N1CCN(c2cc(=O)[nH]cn2)CC(O)C1. The van der Waals surface area contributed by atoms with Crippen molar-refractivity contribution < 1.29 is 14.7 Å². The molecule has 1 aromatic heterocycles. The quantitative estimate of drug-likeness (QED) is 0.712. The summed E-state index contributed by atoms with van der Waals surface area (Å²) in [6.07, 6.45) is 2.03. The molecule has 1 aromatic rings. The first-order valence-corrected chi connectivity index (χ1v) is 8.25. The van der Waals surface area contributed by atoms with Gasteiger partial charge in [0.05, 0.1) is 19.0 Å². The number of β-amino-alcohol motifs (C(OH)–C–C–N with tert-alkyl or cyclic N) is 1. The van der Waals surface area contributed by atoms with Crippen LogP contribution in [-0.2, 0) is 9.63 Å². The van der Waals surface area contributed by atoms with Gasteiger partial charge in [0, 0.05) is 51.8 Å². The number of aliphatic hydroxyl groups excluding tert-OH is 1. The maximum Gasteiger partial charge on any atom is 0.252 e. The minimum absolute atomic E-state index is 0.00488. The molecule has 0 aliphatic carbocycles. The van der Waals surface area contributed by atoms with E-state index in [0.29, 0.717) is 45.0 Å². The molecule has 9 heteroatoms. The molecule has 0 saturated carbocycles. The molecule has 2 aliphatic heterocycles. The summed E-state index contributed by atoms with van der Waals surface area (Å²) < 4.78 is 0. The highest BCUT2D eigenvalue weighted by Crippen LogP contribution is 2.13. The number of hydrogen-bond acceptors (Lipinski definition) is 7. The number of rotatable bonds is 4. The lowest BCUT2D eigenvalue weighted by Crippen LogP contribution is -2.39. The van der Waals surface area contributed by atoms with Crippen LogP contribution in [0, 0.1) is 0 Å². The molecule has 1 unspecified atom stereocenters. The van der Waals surface area contributed by atoms with Crippen molar-refractivity contribution in [1.82, 2.24) is 19.9 Å². The van der Waals surface area contributed by atoms with Crippen molar-refractivity contribution in [3.8, 4) is 0 Å². The van der Waals surface area contributed by atoms with Crippen LogP contribution in [0.2, 0.25) is 0 Å². The van der Waals surface area contributed by atoms with Crippen molar-refractivity contribution in [3.63, 3.8) is 0 Å². The number of nitrogens with zero attached hydrogens (tertiary/aromatic N) is 4. The number of aromatic nitrogens is 2. The van der Waals surface area contributed by atoms with Gasteiger partial charge in [-0.2, -0.15) is 5.06 Å². The number of aromatic amines is 1. The number of amides is 1. The van der Waals surface area contributed by atoms with Crippen molar-refractivity contribution in [2.24, 2.45) is 0 Å². The van der Waals surface area contributed by atoms with E-state index in [1.807, 2.05) is 9.96 Å². The Morgan fingerprint density at radius 2 is 2.25 bits per heavy atom. The first-order valence-electron chi connectivity index (χ1n) is 8.25. The van der Waals surface area contributed by atoms with Crippen LogP contribution < -0.4 is 10.5 Å². The molecule has 0 bridgehead atoms. The number of anilines is 1. The Balaban J connectivity index is 1.57. The number of H-pyrrole nitrogens is 1. The first-order chi connectivity index (χ1) is 11.6. The summed E-state index contributed by atoms with van der Waals surface area (Å²) in [6, 6.07) is 1.40. The van der Waals surface area contributed by atoms with Crippen LogP contribution in [0.1, 0.15) is 12.8 Å². The highest BCUT2D eigenvalue weighted by Gasteiger charge is 2.25. The number of carbonyl (C=O) groups is 1. The van der Waals surface area contributed by atoms with Gasteiger partial charge in [0.1, 0.15) is 5.82 Å². The third-order valence-electron chi connectivity index (χ3n) is 4.24. The van der Waals surface area contributed by atoms with Crippen molar-refractivity contribution in [3.05, 3.63) is 22.7 Å². The standard InChI is InChI=1S/C15H23N5O4/c21-12-9-18(13-8-14(22)17-11-16-13)5-6-19(10-12)15(23)2-4-20-3-1-7-24-20/h8,11-12,21H,1-7,9-10H2,(H,16,17,22). The molecule has 2 saturated heterocycles. The molecule has 2 fully saturated rings. The van der Waals surface area contributed by atoms with E-state index in [9.17, 15) is 14.7 Å². The van der Waals surface area contributed by atoms with Gasteiger partial charge in [-0.15, -0.1) is 0 Å². The van der Waals surface area contributed by atoms with Crippen molar-refractivity contribution >= 4 is 11.7 Å².